The van der Waals surface area contributed by atoms with Crippen molar-refractivity contribution < 1.29 is 19.7 Å². The van der Waals surface area contributed by atoms with Crippen LogP contribution in [0.1, 0.15) is 58.8 Å². The van der Waals surface area contributed by atoms with E-state index >= 15 is 0 Å². The Bertz CT molecular complexity index is 534. The summed E-state index contributed by atoms with van der Waals surface area (Å²) in [6.45, 7) is 4.51. The van der Waals surface area contributed by atoms with Gasteiger partial charge in [0, 0.05) is 24.9 Å². The highest BCUT2D eigenvalue weighted by Gasteiger charge is 2.64. The first kappa shape index (κ1) is 17.0. The standard InChI is InChI=1S/C20H32O4/c1-19-8-6-13-11(12(19)4-5-16(19)22)10-15(24-3)17-18(23)14(21)7-9-20(13,17)2/h11-15,17-18,21,23H,4-10H2,1-3H3/t11-,12-,13-,14-,15?,17-,18?,19-,20+/m0/s1. The molecule has 0 heterocycles. The minimum absolute atomic E-state index is 0.00830. The van der Waals surface area contributed by atoms with Crippen LogP contribution in [0, 0.1) is 34.5 Å². The Hall–Kier alpha value is -0.450. The Morgan fingerprint density at radius 3 is 2.54 bits per heavy atom. The smallest absolute Gasteiger partial charge is 0.139 e. The molecule has 4 nitrogen and oxygen atoms in total. The Morgan fingerprint density at radius 2 is 1.83 bits per heavy atom. The molecule has 24 heavy (non-hydrogen) atoms. The van der Waals surface area contributed by atoms with Crippen molar-refractivity contribution in [2.24, 2.45) is 34.5 Å². The molecule has 4 heteroatoms. The number of ketones is 1. The lowest BCUT2D eigenvalue weighted by molar-refractivity contribution is -0.215. The molecule has 0 aromatic heterocycles. The number of hydrogen-bond acceptors (Lipinski definition) is 4. The zero-order chi connectivity index (χ0) is 17.3. The number of carbonyl (C=O) groups excluding carboxylic acids is 1. The van der Waals surface area contributed by atoms with Crippen LogP contribution in [0.4, 0.5) is 0 Å². The van der Waals surface area contributed by atoms with E-state index in [4.69, 9.17) is 4.74 Å². The number of Topliss-reactive ketones (excluding diaryl/α,β-unsaturated/α-hetero) is 1. The van der Waals surface area contributed by atoms with Gasteiger partial charge in [-0.1, -0.05) is 13.8 Å². The highest BCUT2D eigenvalue weighted by atomic mass is 16.5. The average Bonchev–Trinajstić information content (AvgIpc) is 2.86. The molecule has 0 aromatic carbocycles. The molecule has 0 bridgehead atoms. The lowest BCUT2D eigenvalue weighted by atomic mass is 9.44. The van der Waals surface area contributed by atoms with Crippen molar-refractivity contribution >= 4 is 5.78 Å². The van der Waals surface area contributed by atoms with Gasteiger partial charge in [0.15, 0.2) is 0 Å². The average molecular weight is 336 g/mol. The monoisotopic (exact) mass is 336 g/mol. The van der Waals surface area contributed by atoms with Crippen LogP contribution in [0.3, 0.4) is 0 Å². The molecule has 4 fully saturated rings. The second-order valence-corrected chi connectivity index (χ2v) is 9.43. The van der Waals surface area contributed by atoms with Crippen molar-refractivity contribution in [2.75, 3.05) is 7.11 Å². The second kappa shape index (κ2) is 5.52. The van der Waals surface area contributed by atoms with Crippen molar-refractivity contribution in [3.63, 3.8) is 0 Å². The first-order chi connectivity index (χ1) is 11.3. The Morgan fingerprint density at radius 1 is 1.08 bits per heavy atom. The van der Waals surface area contributed by atoms with Gasteiger partial charge >= 0.3 is 0 Å². The number of ether oxygens (including phenoxy) is 1. The SMILES string of the molecule is COC1C[C@@H]2[C@H](CC[C@]3(C)C(=O)CC[C@@H]23)[C@@]2(C)CC[C@H](O)C(O)[C@H]12. The third kappa shape index (κ3) is 2.05. The number of hydrogen-bond donors (Lipinski definition) is 2. The van der Waals surface area contributed by atoms with Gasteiger partial charge in [-0.2, -0.15) is 0 Å². The summed E-state index contributed by atoms with van der Waals surface area (Å²) >= 11 is 0. The van der Waals surface area contributed by atoms with E-state index < -0.39 is 12.2 Å². The molecule has 0 aromatic rings. The van der Waals surface area contributed by atoms with Gasteiger partial charge in [-0.3, -0.25) is 4.79 Å². The van der Waals surface area contributed by atoms with Crippen LogP contribution in [0.5, 0.6) is 0 Å². The molecular weight excluding hydrogens is 304 g/mol. The zero-order valence-corrected chi connectivity index (χ0v) is 15.2. The summed E-state index contributed by atoms with van der Waals surface area (Å²) < 4.78 is 5.85. The van der Waals surface area contributed by atoms with Crippen molar-refractivity contribution in [1.82, 2.24) is 0 Å². The molecule has 136 valence electrons. The zero-order valence-electron chi connectivity index (χ0n) is 15.2. The molecule has 4 rings (SSSR count). The summed E-state index contributed by atoms with van der Waals surface area (Å²) in [6.07, 6.45) is 5.07. The summed E-state index contributed by atoms with van der Waals surface area (Å²) in [6, 6.07) is 0. The largest absolute Gasteiger partial charge is 0.390 e. The molecular formula is C20H32O4. The first-order valence-electron chi connectivity index (χ1n) is 9.75. The van der Waals surface area contributed by atoms with Crippen LogP contribution >= 0.6 is 0 Å². The maximum absolute atomic E-state index is 12.5. The fourth-order valence-electron chi connectivity index (χ4n) is 7.37. The normalized spacial score (nSPS) is 57.2. The predicted molar refractivity (Wildman–Crippen MR) is 90.3 cm³/mol. The number of aliphatic hydroxyl groups excluding tert-OH is 2. The van der Waals surface area contributed by atoms with Crippen molar-refractivity contribution in [3.8, 4) is 0 Å². The van der Waals surface area contributed by atoms with Gasteiger partial charge in [0.25, 0.3) is 0 Å². The van der Waals surface area contributed by atoms with E-state index in [0.29, 0.717) is 30.0 Å². The molecule has 0 spiro atoms. The van der Waals surface area contributed by atoms with E-state index in [9.17, 15) is 15.0 Å². The molecule has 0 amide bonds. The van der Waals surface area contributed by atoms with Gasteiger partial charge in [-0.25, -0.2) is 0 Å². The Labute approximate surface area is 145 Å². The minimum Gasteiger partial charge on any atom is -0.390 e. The van der Waals surface area contributed by atoms with Crippen LogP contribution < -0.4 is 0 Å². The topological polar surface area (TPSA) is 66.8 Å². The van der Waals surface area contributed by atoms with Gasteiger partial charge in [-0.15, -0.1) is 0 Å². The minimum atomic E-state index is -0.687. The van der Waals surface area contributed by atoms with E-state index in [2.05, 4.69) is 13.8 Å². The Balaban J connectivity index is 1.71. The highest BCUT2D eigenvalue weighted by Crippen LogP contribution is 2.65. The second-order valence-electron chi connectivity index (χ2n) is 9.43. The van der Waals surface area contributed by atoms with Crippen molar-refractivity contribution in [2.45, 2.75) is 77.1 Å². The maximum atomic E-state index is 12.5. The van der Waals surface area contributed by atoms with Gasteiger partial charge in [0.2, 0.25) is 0 Å². The van der Waals surface area contributed by atoms with Gasteiger partial charge in [0.1, 0.15) is 5.78 Å². The first-order valence-corrected chi connectivity index (χ1v) is 9.75. The lowest BCUT2D eigenvalue weighted by Crippen LogP contribution is -2.63. The van der Waals surface area contributed by atoms with E-state index in [1.165, 1.54) is 0 Å². The van der Waals surface area contributed by atoms with Gasteiger partial charge < -0.3 is 14.9 Å². The number of carbonyl (C=O) groups is 1. The number of aliphatic hydroxyl groups is 2. The summed E-state index contributed by atoms with van der Waals surface area (Å²) in [7, 11) is 1.74. The van der Waals surface area contributed by atoms with Crippen LogP contribution in [0.2, 0.25) is 0 Å². The van der Waals surface area contributed by atoms with Crippen LogP contribution in [-0.4, -0.2) is 41.4 Å². The number of rotatable bonds is 1. The summed E-state index contributed by atoms with van der Waals surface area (Å²) in [4.78, 5) is 12.5. The Kier molecular flexibility index (Phi) is 3.91. The molecule has 9 atom stereocenters. The number of methoxy groups -OCH3 is 1. The fourth-order valence-corrected chi connectivity index (χ4v) is 7.37. The molecule has 4 saturated carbocycles. The van der Waals surface area contributed by atoms with Crippen molar-refractivity contribution in [3.05, 3.63) is 0 Å². The highest BCUT2D eigenvalue weighted by molar-refractivity contribution is 5.87. The van der Waals surface area contributed by atoms with E-state index in [0.717, 1.165) is 38.5 Å². The van der Waals surface area contributed by atoms with Gasteiger partial charge in [-0.05, 0) is 61.7 Å². The fraction of sp³-hybridized carbons (Fsp3) is 0.950. The molecule has 0 aliphatic heterocycles. The quantitative estimate of drug-likeness (QED) is 0.772. The molecule has 2 unspecified atom stereocenters. The number of fused-ring (bicyclic) bond motifs is 5. The van der Waals surface area contributed by atoms with Crippen LogP contribution in [0.25, 0.3) is 0 Å². The predicted octanol–water partition coefficient (Wildman–Crippen LogP) is 2.55. The van der Waals surface area contributed by atoms with Crippen LogP contribution in [-0.2, 0) is 9.53 Å². The summed E-state index contributed by atoms with van der Waals surface area (Å²) in [5.41, 5.74) is -0.120. The molecule has 2 N–H and O–H groups in total. The maximum Gasteiger partial charge on any atom is 0.139 e. The third-order valence-electron chi connectivity index (χ3n) is 8.70. The van der Waals surface area contributed by atoms with E-state index in [1.54, 1.807) is 7.11 Å². The molecule has 4 aliphatic rings. The molecule has 0 saturated heterocycles. The third-order valence-corrected chi connectivity index (χ3v) is 8.70. The molecule has 4 aliphatic carbocycles. The van der Waals surface area contributed by atoms with E-state index in [1.807, 2.05) is 0 Å². The molecule has 0 radical (unpaired) electrons. The lowest BCUT2D eigenvalue weighted by Gasteiger charge is -2.62. The van der Waals surface area contributed by atoms with Crippen LogP contribution in [0.15, 0.2) is 0 Å². The van der Waals surface area contributed by atoms with Crippen molar-refractivity contribution in [1.29, 1.82) is 0 Å². The summed E-state index contributed by atoms with van der Waals surface area (Å²) in [5, 5.41) is 20.9. The summed E-state index contributed by atoms with van der Waals surface area (Å²) in [5.74, 6) is 2.01. The van der Waals surface area contributed by atoms with E-state index in [-0.39, 0.29) is 22.9 Å². The van der Waals surface area contributed by atoms with Gasteiger partial charge in [0.05, 0.1) is 18.3 Å².